The highest BCUT2D eigenvalue weighted by atomic mass is 35.5. The van der Waals surface area contributed by atoms with Gasteiger partial charge in [-0.3, -0.25) is 4.72 Å². The summed E-state index contributed by atoms with van der Waals surface area (Å²) in [6, 6.07) is 0. The van der Waals surface area contributed by atoms with Gasteiger partial charge in [-0.2, -0.15) is 26.3 Å². The third-order valence-corrected chi connectivity index (χ3v) is 2.61. The Morgan fingerprint density at radius 3 is 2.41 bits per heavy atom. The summed E-state index contributed by atoms with van der Waals surface area (Å²) in [6.45, 7) is -1.69. The molecule has 17 heavy (non-hydrogen) atoms. The van der Waals surface area contributed by atoms with Gasteiger partial charge < -0.3 is 0 Å². The van der Waals surface area contributed by atoms with Crippen LogP contribution in [-0.2, 0) is 10.2 Å². The zero-order valence-corrected chi connectivity index (χ0v) is 9.57. The first-order valence-corrected chi connectivity index (χ1v) is 5.86. The summed E-state index contributed by atoms with van der Waals surface area (Å²) in [7, 11) is -4.40. The topological polar surface area (TPSA) is 84.0 Å². The highest BCUT2D eigenvalue weighted by Gasteiger charge is 2.29. The van der Waals surface area contributed by atoms with Crippen molar-refractivity contribution in [2.24, 2.45) is 0 Å². The first-order chi connectivity index (χ1) is 7.70. The van der Waals surface area contributed by atoms with E-state index in [1.165, 1.54) is 10.9 Å². The van der Waals surface area contributed by atoms with Crippen LogP contribution in [0.2, 0.25) is 5.15 Å². The number of hydrogen-bond acceptors (Lipinski definition) is 4. The molecule has 0 amide bonds. The number of nitrogens with one attached hydrogen (secondary N) is 2. The van der Waals surface area contributed by atoms with E-state index in [1.807, 2.05) is 0 Å². The summed E-state index contributed by atoms with van der Waals surface area (Å²) in [5.41, 5.74) is 0. The normalized spacial score (nSPS) is 12.5. The molecule has 0 unspecified atom stereocenters. The summed E-state index contributed by atoms with van der Waals surface area (Å²) < 4.78 is 60.7. The summed E-state index contributed by atoms with van der Waals surface area (Å²) >= 11 is 5.47. The summed E-state index contributed by atoms with van der Waals surface area (Å²) in [6.07, 6.45) is -2.32. The molecule has 6 nitrogen and oxygen atoms in total. The van der Waals surface area contributed by atoms with Crippen molar-refractivity contribution < 1.29 is 21.6 Å². The van der Waals surface area contributed by atoms with Gasteiger partial charge in [-0.15, -0.1) is 0 Å². The van der Waals surface area contributed by atoms with Gasteiger partial charge in [0.15, 0.2) is 11.0 Å². The van der Waals surface area contributed by atoms with Crippen molar-refractivity contribution in [2.45, 2.75) is 6.18 Å². The molecular weight excluding hydrogens is 285 g/mol. The van der Waals surface area contributed by atoms with Crippen molar-refractivity contribution in [3.63, 3.8) is 0 Å². The van der Waals surface area contributed by atoms with E-state index in [9.17, 15) is 21.6 Å². The Morgan fingerprint density at radius 2 is 1.88 bits per heavy atom. The molecule has 0 aliphatic rings. The molecule has 1 rings (SSSR count). The molecule has 0 atom stereocenters. The van der Waals surface area contributed by atoms with E-state index >= 15 is 0 Å². The second-order valence-corrected chi connectivity index (χ2v) is 4.60. The lowest BCUT2D eigenvalue weighted by atomic mass is 10.7. The Labute approximate surface area is 99.4 Å². The maximum atomic E-state index is 11.8. The van der Waals surface area contributed by atoms with Gasteiger partial charge in [-0.05, 0) is 0 Å². The van der Waals surface area contributed by atoms with Gasteiger partial charge >= 0.3 is 16.4 Å². The summed E-state index contributed by atoms with van der Waals surface area (Å²) in [5.74, 6) is -0.358. The molecular formula is C6H6ClF3N4O2S. The minimum atomic E-state index is -4.65. The first kappa shape index (κ1) is 13.9. The van der Waals surface area contributed by atoms with Crippen molar-refractivity contribution in [2.75, 3.05) is 11.3 Å². The fourth-order valence-corrected chi connectivity index (χ4v) is 1.77. The molecule has 0 bridgehead atoms. The molecule has 0 spiro atoms. The molecule has 11 heteroatoms. The molecule has 1 heterocycles. The molecule has 1 aromatic heterocycles. The Hall–Kier alpha value is -1.13. The zero-order chi connectivity index (χ0) is 13.1. The number of alkyl halides is 3. The molecule has 0 fully saturated rings. The molecule has 0 aliphatic carbocycles. The Bertz CT molecular complexity index is 492. The molecule has 0 radical (unpaired) electrons. The van der Waals surface area contributed by atoms with E-state index in [1.54, 1.807) is 4.72 Å². The van der Waals surface area contributed by atoms with Crippen LogP contribution in [0.4, 0.5) is 19.0 Å². The summed E-state index contributed by atoms with van der Waals surface area (Å²) in [4.78, 5) is 7.00. The average Bonchev–Trinajstić information content (AvgIpc) is 2.18. The quantitative estimate of drug-likeness (QED) is 0.864. The van der Waals surface area contributed by atoms with Crippen molar-refractivity contribution in [3.05, 3.63) is 17.5 Å². The minimum Gasteiger partial charge on any atom is -0.252 e. The molecule has 1 aromatic rings. The standard InChI is InChI=1S/C6H6ClF3N4O2S/c7-4-5(12-2-1-11-4)14-17(15,16)13-3-6(8,9)10/h1-2,13H,3H2,(H,12,14). The van der Waals surface area contributed by atoms with Gasteiger partial charge in [0.1, 0.15) is 6.54 Å². The van der Waals surface area contributed by atoms with Gasteiger partial charge in [0.05, 0.1) is 0 Å². The monoisotopic (exact) mass is 290 g/mol. The van der Waals surface area contributed by atoms with Gasteiger partial charge in [-0.1, -0.05) is 11.6 Å². The van der Waals surface area contributed by atoms with Crippen LogP contribution in [0, 0.1) is 0 Å². The van der Waals surface area contributed by atoms with Crippen LogP contribution in [0.15, 0.2) is 12.4 Å². The van der Waals surface area contributed by atoms with Gasteiger partial charge in [-0.25, -0.2) is 9.97 Å². The van der Waals surface area contributed by atoms with Crippen LogP contribution >= 0.6 is 11.6 Å². The van der Waals surface area contributed by atoms with Crippen molar-refractivity contribution in [1.82, 2.24) is 14.7 Å². The lowest BCUT2D eigenvalue weighted by Crippen LogP contribution is -2.37. The van der Waals surface area contributed by atoms with E-state index < -0.39 is 22.9 Å². The Balaban J connectivity index is 2.71. The second-order valence-electron chi connectivity index (χ2n) is 2.74. The van der Waals surface area contributed by atoms with E-state index in [4.69, 9.17) is 11.6 Å². The van der Waals surface area contributed by atoms with Crippen LogP contribution in [0.25, 0.3) is 0 Å². The highest BCUT2D eigenvalue weighted by Crippen LogP contribution is 2.16. The predicted octanol–water partition coefficient (Wildman–Crippen LogP) is 0.939. The smallest absolute Gasteiger partial charge is 0.252 e. The Morgan fingerprint density at radius 1 is 1.29 bits per heavy atom. The largest absolute Gasteiger partial charge is 0.402 e. The van der Waals surface area contributed by atoms with Crippen LogP contribution in [0.1, 0.15) is 0 Å². The first-order valence-electron chi connectivity index (χ1n) is 4.00. The zero-order valence-electron chi connectivity index (χ0n) is 7.99. The van der Waals surface area contributed by atoms with Gasteiger partial charge in [0.2, 0.25) is 0 Å². The van der Waals surface area contributed by atoms with E-state index in [-0.39, 0.29) is 11.0 Å². The fraction of sp³-hybridized carbons (Fsp3) is 0.333. The molecule has 0 saturated carbocycles. The third kappa shape index (κ3) is 5.15. The molecule has 0 aliphatic heterocycles. The van der Waals surface area contributed by atoms with Crippen molar-refractivity contribution >= 4 is 27.6 Å². The average molecular weight is 291 g/mol. The summed E-state index contributed by atoms with van der Waals surface area (Å²) in [5, 5.41) is -0.273. The van der Waals surface area contributed by atoms with Gasteiger partial charge in [0, 0.05) is 12.4 Å². The van der Waals surface area contributed by atoms with Crippen LogP contribution in [0.3, 0.4) is 0 Å². The highest BCUT2D eigenvalue weighted by molar-refractivity contribution is 7.90. The lowest BCUT2D eigenvalue weighted by Gasteiger charge is -2.10. The predicted molar refractivity (Wildman–Crippen MR) is 53.6 cm³/mol. The van der Waals surface area contributed by atoms with Gasteiger partial charge in [0.25, 0.3) is 0 Å². The molecule has 2 N–H and O–H groups in total. The third-order valence-electron chi connectivity index (χ3n) is 1.35. The van der Waals surface area contributed by atoms with E-state index in [0.717, 1.165) is 6.20 Å². The minimum absolute atomic E-state index is 0.273. The Kier molecular flexibility index (Phi) is 4.11. The molecule has 0 saturated heterocycles. The number of halogens is 4. The van der Waals surface area contributed by atoms with Crippen LogP contribution < -0.4 is 9.44 Å². The number of nitrogens with zero attached hydrogens (tertiary/aromatic N) is 2. The van der Waals surface area contributed by atoms with E-state index in [2.05, 4.69) is 9.97 Å². The lowest BCUT2D eigenvalue weighted by molar-refractivity contribution is -0.121. The molecule has 96 valence electrons. The number of aromatic nitrogens is 2. The van der Waals surface area contributed by atoms with Crippen LogP contribution in [-0.4, -0.2) is 31.1 Å². The van der Waals surface area contributed by atoms with Crippen molar-refractivity contribution in [1.29, 1.82) is 0 Å². The SMILES string of the molecule is O=S(=O)(NCC(F)(F)F)Nc1nccnc1Cl. The molecule has 0 aromatic carbocycles. The second kappa shape index (κ2) is 5.02. The van der Waals surface area contributed by atoms with Crippen LogP contribution in [0.5, 0.6) is 0 Å². The number of rotatable bonds is 4. The van der Waals surface area contributed by atoms with E-state index in [0.29, 0.717) is 0 Å². The number of anilines is 1. The van der Waals surface area contributed by atoms with Crippen molar-refractivity contribution in [3.8, 4) is 0 Å². The maximum absolute atomic E-state index is 11.8. The fourth-order valence-electron chi connectivity index (χ4n) is 0.730. The number of hydrogen-bond donors (Lipinski definition) is 2. The maximum Gasteiger partial charge on any atom is 0.402 e.